The Kier molecular flexibility index (Phi) is 6.10. The number of urea groups is 1. The highest BCUT2D eigenvalue weighted by atomic mass is 16.6. The van der Waals surface area contributed by atoms with Gasteiger partial charge in [-0.15, -0.1) is 0 Å². The molecule has 3 fully saturated rings. The zero-order chi connectivity index (χ0) is 26.4. The molecule has 0 radical (unpaired) electrons. The number of nitro benzene ring substituents is 1. The second kappa shape index (κ2) is 9.60. The first-order valence-corrected chi connectivity index (χ1v) is 12.9. The van der Waals surface area contributed by atoms with Crippen LogP contribution in [0.4, 0.5) is 27.7 Å². The van der Waals surface area contributed by atoms with Gasteiger partial charge in [0.15, 0.2) is 5.82 Å². The zero-order valence-electron chi connectivity index (χ0n) is 21.2. The van der Waals surface area contributed by atoms with Crippen LogP contribution in [0.15, 0.2) is 42.5 Å². The summed E-state index contributed by atoms with van der Waals surface area (Å²) in [5.74, 6) is 0.314. The molecule has 0 saturated carbocycles. The number of aromatic nitrogens is 2. The van der Waals surface area contributed by atoms with Gasteiger partial charge < -0.3 is 9.80 Å². The van der Waals surface area contributed by atoms with Crippen LogP contribution in [0.3, 0.4) is 0 Å². The van der Waals surface area contributed by atoms with Gasteiger partial charge in [-0.25, -0.2) is 4.79 Å². The van der Waals surface area contributed by atoms with Crippen molar-refractivity contribution >= 4 is 45.7 Å². The van der Waals surface area contributed by atoms with Crippen LogP contribution >= 0.6 is 0 Å². The lowest BCUT2D eigenvalue weighted by Crippen LogP contribution is -2.51. The molecular formula is C26H30N8O4. The maximum absolute atomic E-state index is 12.4. The van der Waals surface area contributed by atoms with Crippen molar-refractivity contribution in [1.29, 1.82) is 0 Å². The fourth-order valence-corrected chi connectivity index (χ4v) is 5.79. The Morgan fingerprint density at radius 1 is 0.947 bits per heavy atom. The highest BCUT2D eigenvalue weighted by Gasteiger charge is 2.32. The van der Waals surface area contributed by atoms with Crippen LogP contribution in [0, 0.1) is 10.1 Å². The number of piperazine rings is 1. The standard InChI is InChI=1S/C26H30N8O4/c1-29-23-16-20(6-7-22(23)25(28-29)33-11-9-24(35)27-26(33)36)32-10-8-21(17-32)31-14-12-30(13-15-31)18-2-4-19(5-3-18)34(37)38/h2-7,16,21H,8-15,17H2,1H3,(H,27,35,36). The molecule has 0 aliphatic carbocycles. The van der Waals surface area contributed by atoms with Crippen LogP contribution in [0.1, 0.15) is 12.8 Å². The van der Waals surface area contributed by atoms with E-state index in [1.54, 1.807) is 16.8 Å². The maximum atomic E-state index is 12.4. The van der Waals surface area contributed by atoms with Gasteiger partial charge in [0.2, 0.25) is 5.91 Å². The third-order valence-electron chi connectivity index (χ3n) is 7.91. The number of rotatable bonds is 5. The molecule has 1 unspecified atom stereocenters. The lowest BCUT2D eigenvalue weighted by atomic mass is 10.1. The molecule has 4 heterocycles. The van der Waals surface area contributed by atoms with Crippen LogP contribution in [-0.2, 0) is 11.8 Å². The molecule has 3 saturated heterocycles. The van der Waals surface area contributed by atoms with Crippen molar-refractivity contribution < 1.29 is 14.5 Å². The van der Waals surface area contributed by atoms with E-state index in [1.807, 2.05) is 25.2 Å². The lowest BCUT2D eigenvalue weighted by molar-refractivity contribution is -0.384. The van der Waals surface area contributed by atoms with Crippen LogP contribution in [0.2, 0.25) is 0 Å². The number of amides is 3. The summed E-state index contributed by atoms with van der Waals surface area (Å²) in [6.45, 7) is 5.95. The number of nitrogens with one attached hydrogen (secondary N) is 1. The smallest absolute Gasteiger partial charge is 0.329 e. The average Bonchev–Trinajstić information content (AvgIpc) is 3.54. The number of nitro groups is 1. The summed E-state index contributed by atoms with van der Waals surface area (Å²) in [5, 5.41) is 18.8. The number of benzene rings is 2. The van der Waals surface area contributed by atoms with Crippen molar-refractivity contribution in [3.05, 3.63) is 52.6 Å². The molecule has 1 aromatic heterocycles. The van der Waals surface area contributed by atoms with E-state index in [1.165, 1.54) is 4.90 Å². The third-order valence-corrected chi connectivity index (χ3v) is 7.91. The van der Waals surface area contributed by atoms with Gasteiger partial charge in [0.1, 0.15) is 0 Å². The number of imide groups is 1. The molecule has 0 spiro atoms. The van der Waals surface area contributed by atoms with Gasteiger partial charge in [0.05, 0.1) is 10.4 Å². The van der Waals surface area contributed by atoms with Gasteiger partial charge in [-0.05, 0) is 36.8 Å². The minimum Gasteiger partial charge on any atom is -0.370 e. The Morgan fingerprint density at radius 3 is 2.39 bits per heavy atom. The first-order valence-electron chi connectivity index (χ1n) is 12.9. The van der Waals surface area contributed by atoms with Crippen LogP contribution in [-0.4, -0.2) is 83.4 Å². The van der Waals surface area contributed by atoms with Gasteiger partial charge in [0, 0.05) is 94.2 Å². The van der Waals surface area contributed by atoms with Gasteiger partial charge >= 0.3 is 6.03 Å². The van der Waals surface area contributed by atoms with Crippen molar-refractivity contribution in [3.8, 4) is 0 Å². The van der Waals surface area contributed by atoms with E-state index < -0.39 is 6.03 Å². The molecule has 12 heteroatoms. The van der Waals surface area contributed by atoms with Gasteiger partial charge in [-0.3, -0.25) is 34.7 Å². The summed E-state index contributed by atoms with van der Waals surface area (Å²) in [7, 11) is 1.87. The van der Waals surface area contributed by atoms with E-state index in [2.05, 4.69) is 37.2 Å². The summed E-state index contributed by atoms with van der Waals surface area (Å²) in [6, 6.07) is 13.1. The summed E-state index contributed by atoms with van der Waals surface area (Å²) in [4.78, 5) is 43.3. The summed E-state index contributed by atoms with van der Waals surface area (Å²) in [5.41, 5.74) is 3.23. The second-order valence-corrected chi connectivity index (χ2v) is 10.1. The maximum Gasteiger partial charge on any atom is 0.329 e. The van der Waals surface area contributed by atoms with E-state index in [9.17, 15) is 19.7 Å². The number of carbonyl (C=O) groups excluding carboxylic acids is 2. The minimum absolute atomic E-state index is 0.118. The highest BCUT2D eigenvalue weighted by Crippen LogP contribution is 2.32. The van der Waals surface area contributed by atoms with Crippen molar-refractivity contribution in [2.24, 2.45) is 7.05 Å². The van der Waals surface area contributed by atoms with Gasteiger partial charge in [-0.1, -0.05) is 0 Å². The van der Waals surface area contributed by atoms with E-state index >= 15 is 0 Å². The second-order valence-electron chi connectivity index (χ2n) is 10.1. The summed E-state index contributed by atoms with van der Waals surface area (Å²) in [6.07, 6.45) is 1.35. The van der Waals surface area contributed by atoms with E-state index in [4.69, 9.17) is 0 Å². The lowest BCUT2D eigenvalue weighted by Gasteiger charge is -2.39. The number of hydrogen-bond acceptors (Lipinski definition) is 8. The average molecular weight is 519 g/mol. The van der Waals surface area contributed by atoms with Crippen molar-refractivity contribution in [2.45, 2.75) is 18.9 Å². The quantitative estimate of drug-likeness (QED) is 0.404. The summed E-state index contributed by atoms with van der Waals surface area (Å²) < 4.78 is 1.79. The number of carbonyl (C=O) groups is 2. The van der Waals surface area contributed by atoms with Crippen molar-refractivity contribution in [3.63, 3.8) is 0 Å². The Morgan fingerprint density at radius 2 is 1.68 bits per heavy atom. The Hall–Kier alpha value is -4.19. The normalized spacial score (nSPS) is 20.9. The molecule has 0 bridgehead atoms. The molecule has 1 atom stereocenters. The molecular weight excluding hydrogens is 488 g/mol. The molecule has 6 rings (SSSR count). The Labute approximate surface area is 219 Å². The first-order chi connectivity index (χ1) is 18.4. The van der Waals surface area contributed by atoms with E-state index in [-0.39, 0.29) is 22.9 Å². The minimum atomic E-state index is -0.429. The molecule has 3 aliphatic heterocycles. The fraction of sp³-hybridized carbons (Fsp3) is 0.423. The number of anilines is 3. The number of hydrogen-bond donors (Lipinski definition) is 1. The fourth-order valence-electron chi connectivity index (χ4n) is 5.79. The number of non-ortho nitro benzene ring substituents is 1. The predicted molar refractivity (Wildman–Crippen MR) is 144 cm³/mol. The highest BCUT2D eigenvalue weighted by molar-refractivity contribution is 6.09. The number of fused-ring (bicyclic) bond motifs is 1. The van der Waals surface area contributed by atoms with Crippen molar-refractivity contribution in [1.82, 2.24) is 20.0 Å². The zero-order valence-corrected chi connectivity index (χ0v) is 21.2. The largest absolute Gasteiger partial charge is 0.370 e. The molecule has 3 aliphatic rings. The van der Waals surface area contributed by atoms with E-state index in [0.717, 1.165) is 68.0 Å². The molecule has 2 aromatic carbocycles. The van der Waals surface area contributed by atoms with Gasteiger partial charge in [0.25, 0.3) is 5.69 Å². The van der Waals surface area contributed by atoms with Crippen LogP contribution < -0.4 is 20.0 Å². The molecule has 12 nitrogen and oxygen atoms in total. The number of aryl methyl sites for hydroxylation is 1. The SMILES string of the molecule is Cn1nc(N2CCC(=O)NC2=O)c2ccc(N3CCC(N4CCN(c5ccc([N+](=O)[O-])cc5)CC4)C3)cc21. The Balaban J connectivity index is 1.10. The van der Waals surface area contributed by atoms with Crippen LogP contribution in [0.5, 0.6) is 0 Å². The predicted octanol–water partition coefficient (Wildman–Crippen LogP) is 2.33. The monoisotopic (exact) mass is 518 g/mol. The van der Waals surface area contributed by atoms with Gasteiger partial charge in [-0.2, -0.15) is 5.10 Å². The molecule has 3 amide bonds. The molecule has 38 heavy (non-hydrogen) atoms. The van der Waals surface area contributed by atoms with Crippen LogP contribution in [0.25, 0.3) is 10.9 Å². The molecule has 3 aromatic rings. The molecule has 1 N–H and O–H groups in total. The Bertz CT molecular complexity index is 1400. The number of nitrogens with zero attached hydrogens (tertiary/aromatic N) is 7. The molecule has 198 valence electrons. The third kappa shape index (κ3) is 4.40. The first kappa shape index (κ1) is 24.2. The van der Waals surface area contributed by atoms with E-state index in [0.29, 0.717) is 18.4 Å². The topological polar surface area (TPSA) is 120 Å². The van der Waals surface area contributed by atoms with Crippen molar-refractivity contribution in [2.75, 3.05) is 60.5 Å². The summed E-state index contributed by atoms with van der Waals surface area (Å²) >= 11 is 0.